The minimum absolute atomic E-state index is 0.226. The number of benzene rings is 1. The standard InChI is InChI=1S/C15H17N3S/c1-10-9-17-15(19-10)12(3)18-11(2)14-6-4-13(8-16)5-7-14/h4-7,9,11-12,18H,1-3H3. The lowest BCUT2D eigenvalue weighted by molar-refractivity contribution is 0.493. The van der Waals surface area contributed by atoms with Crippen LogP contribution in [0.2, 0.25) is 0 Å². The third kappa shape index (κ3) is 3.40. The van der Waals surface area contributed by atoms with Gasteiger partial charge in [0.15, 0.2) is 0 Å². The second-order valence-electron chi connectivity index (χ2n) is 4.65. The highest BCUT2D eigenvalue weighted by molar-refractivity contribution is 7.11. The summed E-state index contributed by atoms with van der Waals surface area (Å²) in [6, 6.07) is 10.3. The van der Waals surface area contributed by atoms with Gasteiger partial charge in [0.2, 0.25) is 0 Å². The summed E-state index contributed by atoms with van der Waals surface area (Å²) in [7, 11) is 0. The van der Waals surface area contributed by atoms with Crippen LogP contribution in [0.15, 0.2) is 30.5 Å². The topological polar surface area (TPSA) is 48.7 Å². The lowest BCUT2D eigenvalue weighted by Crippen LogP contribution is -2.22. The van der Waals surface area contributed by atoms with Crippen LogP contribution >= 0.6 is 11.3 Å². The van der Waals surface area contributed by atoms with E-state index in [1.54, 1.807) is 11.3 Å². The molecule has 2 rings (SSSR count). The molecular formula is C15H17N3S. The van der Waals surface area contributed by atoms with E-state index in [4.69, 9.17) is 5.26 Å². The molecule has 1 aromatic carbocycles. The molecule has 2 atom stereocenters. The Morgan fingerprint density at radius 1 is 1.21 bits per heavy atom. The van der Waals surface area contributed by atoms with Crippen LogP contribution in [0.1, 0.15) is 46.9 Å². The van der Waals surface area contributed by atoms with E-state index >= 15 is 0 Å². The van der Waals surface area contributed by atoms with Crippen molar-refractivity contribution in [2.75, 3.05) is 0 Å². The molecule has 19 heavy (non-hydrogen) atoms. The molecular weight excluding hydrogens is 254 g/mol. The molecule has 0 amide bonds. The molecule has 0 bridgehead atoms. The Morgan fingerprint density at radius 3 is 2.42 bits per heavy atom. The molecule has 0 aliphatic rings. The number of aryl methyl sites for hydroxylation is 1. The average molecular weight is 271 g/mol. The minimum Gasteiger partial charge on any atom is -0.302 e. The fourth-order valence-corrected chi connectivity index (χ4v) is 2.75. The lowest BCUT2D eigenvalue weighted by Gasteiger charge is -2.18. The third-order valence-electron chi connectivity index (χ3n) is 3.05. The number of hydrogen-bond donors (Lipinski definition) is 1. The summed E-state index contributed by atoms with van der Waals surface area (Å²) < 4.78 is 0. The Kier molecular flexibility index (Phi) is 4.31. The maximum atomic E-state index is 8.79. The molecule has 0 fully saturated rings. The van der Waals surface area contributed by atoms with Gasteiger partial charge in [-0.3, -0.25) is 0 Å². The van der Waals surface area contributed by atoms with Crippen molar-refractivity contribution in [3.63, 3.8) is 0 Å². The van der Waals surface area contributed by atoms with Gasteiger partial charge in [-0.05, 0) is 38.5 Å². The van der Waals surface area contributed by atoms with E-state index in [1.165, 1.54) is 10.4 Å². The molecule has 3 nitrogen and oxygen atoms in total. The summed E-state index contributed by atoms with van der Waals surface area (Å²) in [4.78, 5) is 5.63. The predicted octanol–water partition coefficient (Wildman–Crippen LogP) is 3.74. The zero-order valence-electron chi connectivity index (χ0n) is 11.3. The summed E-state index contributed by atoms with van der Waals surface area (Å²) >= 11 is 1.72. The number of nitriles is 1. The second-order valence-corrected chi connectivity index (χ2v) is 5.92. The average Bonchev–Trinajstić information content (AvgIpc) is 2.85. The quantitative estimate of drug-likeness (QED) is 0.921. The Hall–Kier alpha value is -1.70. The van der Waals surface area contributed by atoms with Crippen molar-refractivity contribution in [3.8, 4) is 6.07 Å². The molecule has 0 spiro atoms. The smallest absolute Gasteiger partial charge is 0.109 e. The Balaban J connectivity index is 2.04. The van der Waals surface area contributed by atoms with Gasteiger partial charge in [-0.2, -0.15) is 5.26 Å². The van der Waals surface area contributed by atoms with E-state index in [1.807, 2.05) is 30.5 Å². The summed E-state index contributed by atoms with van der Waals surface area (Å²) in [6.45, 7) is 6.31. The second kappa shape index (κ2) is 5.96. The molecule has 1 aromatic heterocycles. The van der Waals surface area contributed by atoms with Crippen LogP contribution < -0.4 is 5.32 Å². The first kappa shape index (κ1) is 13.7. The van der Waals surface area contributed by atoms with Gasteiger partial charge in [-0.1, -0.05) is 12.1 Å². The van der Waals surface area contributed by atoms with Crippen LogP contribution in [0, 0.1) is 18.3 Å². The maximum Gasteiger partial charge on any atom is 0.109 e. The molecule has 2 unspecified atom stereocenters. The van der Waals surface area contributed by atoms with Crippen molar-refractivity contribution in [3.05, 3.63) is 51.5 Å². The summed E-state index contributed by atoms with van der Waals surface area (Å²) in [5.41, 5.74) is 1.87. The number of hydrogen-bond acceptors (Lipinski definition) is 4. The van der Waals surface area contributed by atoms with Gasteiger partial charge in [0.25, 0.3) is 0 Å². The normalized spacial score (nSPS) is 13.8. The molecule has 0 radical (unpaired) electrons. The fourth-order valence-electron chi connectivity index (χ4n) is 1.96. The minimum atomic E-state index is 0.226. The zero-order chi connectivity index (χ0) is 13.8. The van der Waals surface area contributed by atoms with Gasteiger partial charge in [-0.25, -0.2) is 4.98 Å². The Morgan fingerprint density at radius 2 is 1.89 bits per heavy atom. The highest BCUT2D eigenvalue weighted by atomic mass is 32.1. The van der Waals surface area contributed by atoms with Gasteiger partial charge in [0, 0.05) is 17.1 Å². The predicted molar refractivity (Wildman–Crippen MR) is 78.0 cm³/mol. The van der Waals surface area contributed by atoms with Crippen LogP contribution in [0.3, 0.4) is 0 Å². The van der Waals surface area contributed by atoms with Gasteiger partial charge in [0.1, 0.15) is 5.01 Å². The lowest BCUT2D eigenvalue weighted by atomic mass is 10.1. The summed E-state index contributed by atoms with van der Waals surface area (Å²) in [5, 5.41) is 13.4. The van der Waals surface area contributed by atoms with Crippen LogP contribution in [0.5, 0.6) is 0 Å². The van der Waals surface area contributed by atoms with Crippen molar-refractivity contribution in [1.82, 2.24) is 10.3 Å². The van der Waals surface area contributed by atoms with Crippen molar-refractivity contribution >= 4 is 11.3 Å². The van der Waals surface area contributed by atoms with Crippen molar-refractivity contribution in [1.29, 1.82) is 5.26 Å². The number of rotatable bonds is 4. The highest BCUT2D eigenvalue weighted by Crippen LogP contribution is 2.23. The molecule has 98 valence electrons. The molecule has 1 heterocycles. The SMILES string of the molecule is Cc1cnc(C(C)NC(C)c2ccc(C#N)cc2)s1. The molecule has 0 aliphatic carbocycles. The van der Waals surface area contributed by atoms with Crippen LogP contribution in [0.4, 0.5) is 0 Å². The van der Waals surface area contributed by atoms with E-state index in [2.05, 4.69) is 37.1 Å². The molecule has 0 saturated heterocycles. The van der Waals surface area contributed by atoms with Gasteiger partial charge < -0.3 is 5.32 Å². The van der Waals surface area contributed by atoms with Crippen molar-refractivity contribution < 1.29 is 0 Å². The van der Waals surface area contributed by atoms with E-state index in [0.717, 1.165) is 5.01 Å². The van der Waals surface area contributed by atoms with Gasteiger partial charge >= 0.3 is 0 Å². The first-order valence-electron chi connectivity index (χ1n) is 6.28. The van der Waals surface area contributed by atoms with E-state index < -0.39 is 0 Å². The Bertz CT molecular complexity index is 580. The summed E-state index contributed by atoms with van der Waals surface area (Å²) in [6.07, 6.45) is 1.91. The van der Waals surface area contributed by atoms with Gasteiger partial charge in [-0.15, -0.1) is 11.3 Å². The highest BCUT2D eigenvalue weighted by Gasteiger charge is 2.13. The van der Waals surface area contributed by atoms with Crippen molar-refractivity contribution in [2.24, 2.45) is 0 Å². The van der Waals surface area contributed by atoms with Gasteiger partial charge in [0.05, 0.1) is 17.7 Å². The number of nitrogens with zero attached hydrogens (tertiary/aromatic N) is 2. The monoisotopic (exact) mass is 271 g/mol. The number of aromatic nitrogens is 1. The zero-order valence-corrected chi connectivity index (χ0v) is 12.2. The molecule has 2 aromatic rings. The molecule has 0 saturated carbocycles. The van der Waals surface area contributed by atoms with E-state index in [9.17, 15) is 0 Å². The van der Waals surface area contributed by atoms with Crippen LogP contribution in [0.25, 0.3) is 0 Å². The molecule has 0 aliphatic heterocycles. The number of thiazole rings is 1. The van der Waals surface area contributed by atoms with E-state index in [0.29, 0.717) is 5.56 Å². The maximum absolute atomic E-state index is 8.79. The molecule has 1 N–H and O–H groups in total. The largest absolute Gasteiger partial charge is 0.302 e. The fraction of sp³-hybridized carbons (Fsp3) is 0.333. The molecule has 4 heteroatoms. The first-order chi connectivity index (χ1) is 9.10. The number of nitrogens with one attached hydrogen (secondary N) is 1. The Labute approximate surface area is 117 Å². The first-order valence-corrected chi connectivity index (χ1v) is 7.10. The summed E-state index contributed by atoms with van der Waals surface area (Å²) in [5.74, 6) is 0. The van der Waals surface area contributed by atoms with Crippen molar-refractivity contribution in [2.45, 2.75) is 32.9 Å². The van der Waals surface area contributed by atoms with Crippen LogP contribution in [-0.2, 0) is 0 Å². The van der Waals surface area contributed by atoms with E-state index in [-0.39, 0.29) is 12.1 Å². The third-order valence-corrected chi connectivity index (χ3v) is 4.14. The van der Waals surface area contributed by atoms with Crippen LogP contribution in [-0.4, -0.2) is 4.98 Å².